The first-order valence-corrected chi connectivity index (χ1v) is 10.9. The van der Waals surface area contributed by atoms with E-state index in [-0.39, 0.29) is 12.4 Å². The van der Waals surface area contributed by atoms with Crippen LogP contribution in [0, 0.1) is 0 Å². The molecule has 1 fully saturated rings. The molecule has 7 heteroatoms. The van der Waals surface area contributed by atoms with Gasteiger partial charge in [0.05, 0.1) is 12.0 Å². The molecule has 0 unspecified atom stereocenters. The van der Waals surface area contributed by atoms with Crippen LogP contribution in [0.5, 0.6) is 5.75 Å². The van der Waals surface area contributed by atoms with E-state index in [1.165, 1.54) is 11.1 Å². The van der Waals surface area contributed by atoms with Gasteiger partial charge >= 0.3 is 0 Å². The molecule has 0 saturated carbocycles. The molecule has 2 aromatic rings. The lowest BCUT2D eigenvalue weighted by Gasteiger charge is -2.34. The molecule has 0 amide bonds. The third kappa shape index (κ3) is 5.47. The molecule has 154 valence electrons. The molecule has 1 aliphatic heterocycles. The summed E-state index contributed by atoms with van der Waals surface area (Å²) in [7, 11) is -1.75. The zero-order valence-electron chi connectivity index (χ0n) is 16.5. The minimum Gasteiger partial charge on any atom is -1.00 e. The molecule has 0 bridgehead atoms. The Labute approximate surface area is 174 Å². The van der Waals surface area contributed by atoms with Crippen LogP contribution in [0.25, 0.3) is 0 Å². The normalized spacial score (nSPS) is 15.8. The highest BCUT2D eigenvalue weighted by Gasteiger charge is 2.28. The number of ether oxygens (including phenoxy) is 1. The molecule has 1 aliphatic rings. The largest absolute Gasteiger partial charge is 1.00 e. The quantitative estimate of drug-likeness (QED) is 0.636. The highest BCUT2D eigenvalue weighted by Crippen LogP contribution is 2.20. The molecule has 0 spiro atoms. The van der Waals surface area contributed by atoms with Crippen LogP contribution >= 0.6 is 0 Å². The molecular weight excluding hydrogens is 396 g/mol. The van der Waals surface area contributed by atoms with Crippen LogP contribution in [-0.2, 0) is 23.0 Å². The fourth-order valence-electron chi connectivity index (χ4n) is 3.42. The molecule has 0 radical (unpaired) electrons. The van der Waals surface area contributed by atoms with Gasteiger partial charge in [0.15, 0.2) is 0 Å². The standard InChI is InChI=1S/C21H28N2O3S.ClH/c1-3-5-18-8-10-21(11-9-18)27(24,25)23-14-12-22(13-15-23)17-19-6-4-7-20(16-19)26-2;/h4,6-11,16H,3,5,12-15,17H2,1-2H3;1H/p-1. The summed E-state index contributed by atoms with van der Waals surface area (Å²) in [6.07, 6.45) is 2.03. The van der Waals surface area contributed by atoms with Gasteiger partial charge in [-0.1, -0.05) is 37.6 Å². The summed E-state index contributed by atoms with van der Waals surface area (Å²) < 4.78 is 32.7. The average molecular weight is 424 g/mol. The molecule has 0 aliphatic carbocycles. The van der Waals surface area contributed by atoms with Gasteiger partial charge in [0, 0.05) is 32.7 Å². The Balaban J connectivity index is 0.00000280. The number of hydrogen-bond donors (Lipinski definition) is 0. The predicted octanol–water partition coefficient (Wildman–Crippen LogP) is 0.158. The summed E-state index contributed by atoms with van der Waals surface area (Å²) in [4.78, 5) is 2.68. The number of rotatable bonds is 7. The van der Waals surface area contributed by atoms with E-state index in [9.17, 15) is 8.42 Å². The second kappa shape index (κ2) is 10.3. The SMILES string of the molecule is CCCc1ccc(S(=O)(=O)N2CCN(Cc3cccc(OC)c3)CC2)cc1.[Cl-]. The summed E-state index contributed by atoms with van der Waals surface area (Å²) in [5.41, 5.74) is 2.36. The van der Waals surface area contributed by atoms with Crippen LogP contribution in [-0.4, -0.2) is 50.9 Å². The number of halogens is 1. The predicted molar refractivity (Wildman–Crippen MR) is 107 cm³/mol. The third-order valence-electron chi connectivity index (χ3n) is 4.97. The second-order valence-electron chi connectivity index (χ2n) is 6.93. The Bertz CT molecular complexity index is 848. The zero-order chi connectivity index (χ0) is 19.3. The maximum atomic E-state index is 12.9. The third-order valence-corrected chi connectivity index (χ3v) is 6.88. The van der Waals surface area contributed by atoms with Gasteiger partial charge in [-0.25, -0.2) is 8.42 Å². The number of hydrogen-bond acceptors (Lipinski definition) is 4. The monoisotopic (exact) mass is 423 g/mol. The van der Waals surface area contributed by atoms with E-state index in [0.717, 1.165) is 38.2 Å². The molecule has 1 heterocycles. The van der Waals surface area contributed by atoms with E-state index < -0.39 is 10.0 Å². The summed E-state index contributed by atoms with van der Waals surface area (Å²) in [5.74, 6) is 0.847. The van der Waals surface area contributed by atoms with Crippen molar-refractivity contribution in [3.63, 3.8) is 0 Å². The average Bonchev–Trinajstić information content (AvgIpc) is 2.69. The Morgan fingerprint density at radius 3 is 2.25 bits per heavy atom. The highest BCUT2D eigenvalue weighted by molar-refractivity contribution is 7.89. The van der Waals surface area contributed by atoms with Crippen molar-refractivity contribution in [2.24, 2.45) is 0 Å². The highest BCUT2D eigenvalue weighted by atomic mass is 35.5. The van der Waals surface area contributed by atoms with E-state index in [0.29, 0.717) is 18.0 Å². The Morgan fingerprint density at radius 1 is 0.964 bits per heavy atom. The molecule has 2 aromatic carbocycles. The van der Waals surface area contributed by atoms with Gasteiger partial charge in [-0.15, -0.1) is 0 Å². The van der Waals surface area contributed by atoms with Crippen molar-refractivity contribution in [3.8, 4) is 5.75 Å². The molecule has 1 saturated heterocycles. The molecule has 28 heavy (non-hydrogen) atoms. The molecular formula is C21H28ClN2O3S-. The van der Waals surface area contributed by atoms with Crippen LogP contribution in [0.4, 0.5) is 0 Å². The van der Waals surface area contributed by atoms with Crippen molar-refractivity contribution in [2.45, 2.75) is 31.2 Å². The number of aryl methyl sites for hydroxylation is 1. The number of methoxy groups -OCH3 is 1. The van der Waals surface area contributed by atoms with Crippen molar-refractivity contribution in [2.75, 3.05) is 33.3 Å². The van der Waals surface area contributed by atoms with Crippen molar-refractivity contribution in [3.05, 3.63) is 59.7 Å². The van der Waals surface area contributed by atoms with E-state index >= 15 is 0 Å². The Morgan fingerprint density at radius 2 is 1.64 bits per heavy atom. The number of nitrogens with zero attached hydrogens (tertiary/aromatic N) is 2. The van der Waals surface area contributed by atoms with Gasteiger partial charge in [-0.05, 0) is 41.8 Å². The molecule has 3 rings (SSSR count). The fraction of sp³-hybridized carbons (Fsp3) is 0.429. The van der Waals surface area contributed by atoms with E-state index in [1.807, 2.05) is 30.3 Å². The lowest BCUT2D eigenvalue weighted by molar-refractivity contribution is -0.00000861. The van der Waals surface area contributed by atoms with Crippen LogP contribution in [0.15, 0.2) is 53.4 Å². The van der Waals surface area contributed by atoms with Crippen LogP contribution < -0.4 is 17.1 Å². The molecule has 0 N–H and O–H groups in total. The van der Waals surface area contributed by atoms with Gasteiger partial charge < -0.3 is 17.1 Å². The van der Waals surface area contributed by atoms with Gasteiger partial charge in [-0.2, -0.15) is 4.31 Å². The van der Waals surface area contributed by atoms with Crippen molar-refractivity contribution in [1.29, 1.82) is 0 Å². The smallest absolute Gasteiger partial charge is 0.243 e. The second-order valence-corrected chi connectivity index (χ2v) is 8.86. The first kappa shape index (κ1) is 22.7. The van der Waals surface area contributed by atoms with Gasteiger partial charge in [0.1, 0.15) is 5.75 Å². The minimum absolute atomic E-state index is 0. The fourth-order valence-corrected chi connectivity index (χ4v) is 4.85. The maximum Gasteiger partial charge on any atom is 0.243 e. The summed E-state index contributed by atoms with van der Waals surface area (Å²) in [6.45, 7) is 5.41. The first-order chi connectivity index (χ1) is 13.0. The van der Waals surface area contributed by atoms with Crippen molar-refractivity contribution >= 4 is 10.0 Å². The Hall–Kier alpha value is -1.60. The van der Waals surface area contributed by atoms with Gasteiger partial charge in [0.2, 0.25) is 10.0 Å². The topological polar surface area (TPSA) is 49.9 Å². The number of sulfonamides is 1. The minimum atomic E-state index is -3.41. The molecule has 0 atom stereocenters. The summed E-state index contributed by atoms with van der Waals surface area (Å²) in [6, 6.07) is 15.3. The number of benzene rings is 2. The van der Waals surface area contributed by atoms with Crippen LogP contribution in [0.2, 0.25) is 0 Å². The molecule has 0 aromatic heterocycles. The van der Waals surface area contributed by atoms with E-state index in [4.69, 9.17) is 4.74 Å². The lowest BCUT2D eigenvalue weighted by atomic mass is 10.1. The van der Waals surface area contributed by atoms with Gasteiger partial charge in [-0.3, -0.25) is 4.90 Å². The zero-order valence-corrected chi connectivity index (χ0v) is 18.0. The first-order valence-electron chi connectivity index (χ1n) is 9.47. The summed E-state index contributed by atoms with van der Waals surface area (Å²) in [5, 5.41) is 0. The van der Waals surface area contributed by atoms with Crippen LogP contribution in [0.3, 0.4) is 0 Å². The number of piperazine rings is 1. The molecule has 5 nitrogen and oxygen atoms in total. The van der Waals surface area contributed by atoms with Crippen LogP contribution in [0.1, 0.15) is 24.5 Å². The van der Waals surface area contributed by atoms with Crippen molar-refractivity contribution in [1.82, 2.24) is 9.21 Å². The van der Waals surface area contributed by atoms with E-state index in [1.54, 1.807) is 23.5 Å². The lowest BCUT2D eigenvalue weighted by Crippen LogP contribution is -3.00. The summed E-state index contributed by atoms with van der Waals surface area (Å²) >= 11 is 0. The van der Waals surface area contributed by atoms with Crippen molar-refractivity contribution < 1.29 is 25.6 Å². The van der Waals surface area contributed by atoms with Gasteiger partial charge in [0.25, 0.3) is 0 Å². The Kier molecular flexibility index (Phi) is 8.31. The maximum absolute atomic E-state index is 12.9. The van der Waals surface area contributed by atoms with E-state index in [2.05, 4.69) is 17.9 Å².